The minimum atomic E-state index is 0. The molecule has 0 aromatic heterocycles. The fourth-order valence-electron chi connectivity index (χ4n) is 1.22. The summed E-state index contributed by atoms with van der Waals surface area (Å²) in [5.74, 6) is 0.808. The molecule has 0 radical (unpaired) electrons. The molecule has 0 saturated carbocycles. The summed E-state index contributed by atoms with van der Waals surface area (Å²) >= 11 is 0. The summed E-state index contributed by atoms with van der Waals surface area (Å²) in [6.45, 7) is 16.3. The highest BCUT2D eigenvalue weighted by Crippen LogP contribution is 2.35. The third kappa shape index (κ3) is 7.02. The molecule has 0 aromatic rings. The van der Waals surface area contributed by atoms with Gasteiger partial charge in [0.25, 0.3) is 0 Å². The lowest BCUT2D eigenvalue weighted by atomic mass is 9.73. The van der Waals surface area contributed by atoms with Crippen LogP contribution in [0.15, 0.2) is 0 Å². The van der Waals surface area contributed by atoms with E-state index in [0.29, 0.717) is 10.8 Å². The van der Waals surface area contributed by atoms with Crippen LogP contribution in [0.25, 0.3) is 0 Å². The molecule has 0 rings (SSSR count). The van der Waals surface area contributed by atoms with Crippen molar-refractivity contribution < 1.29 is 0 Å². The lowest BCUT2D eigenvalue weighted by Gasteiger charge is -2.32. The smallest absolute Gasteiger partial charge is 0.0357 e. The number of hydrogen-bond donors (Lipinski definition) is 0. The van der Waals surface area contributed by atoms with Gasteiger partial charge in [-0.3, -0.25) is 0 Å². The first-order valence-electron chi connectivity index (χ1n) is 4.63. The van der Waals surface area contributed by atoms with Crippen molar-refractivity contribution in [3.63, 3.8) is 0 Å². The van der Waals surface area contributed by atoms with Crippen molar-refractivity contribution in [3.8, 4) is 0 Å². The molecule has 12 heavy (non-hydrogen) atoms. The van der Waals surface area contributed by atoms with Crippen molar-refractivity contribution in [3.05, 3.63) is 0 Å². The van der Waals surface area contributed by atoms with Gasteiger partial charge in [0.15, 0.2) is 0 Å². The van der Waals surface area contributed by atoms with Crippen LogP contribution in [0.4, 0.5) is 0 Å². The second-order valence-electron chi connectivity index (χ2n) is 6.03. The largest absolute Gasteiger partial charge is 0.197 e. The first-order chi connectivity index (χ1) is 4.63. The molecule has 0 heterocycles. The van der Waals surface area contributed by atoms with Crippen LogP contribution >= 0.6 is 13.5 Å². The topological polar surface area (TPSA) is 0 Å². The van der Waals surface area contributed by atoms with Crippen molar-refractivity contribution in [1.29, 1.82) is 0 Å². The average molecular weight is 190 g/mol. The Morgan fingerprint density at radius 3 is 1.33 bits per heavy atom. The number of rotatable bonds is 1. The predicted octanol–water partition coefficient (Wildman–Crippen LogP) is 4.22. The van der Waals surface area contributed by atoms with Gasteiger partial charge in [0.1, 0.15) is 0 Å². The zero-order valence-corrected chi connectivity index (χ0v) is 10.8. The van der Waals surface area contributed by atoms with Gasteiger partial charge < -0.3 is 0 Å². The predicted molar refractivity (Wildman–Crippen MR) is 63.1 cm³/mol. The van der Waals surface area contributed by atoms with Gasteiger partial charge in [-0.25, -0.2) is 0 Å². The van der Waals surface area contributed by atoms with Crippen molar-refractivity contribution >= 4 is 13.5 Å². The third-order valence-electron chi connectivity index (χ3n) is 2.40. The highest BCUT2D eigenvalue weighted by molar-refractivity contribution is 7.59. The molecule has 0 N–H and O–H groups in total. The SMILES string of the molecule is C[C@@H](CC(C)(C)C)C(C)(C)C.S. The highest BCUT2D eigenvalue weighted by atomic mass is 32.1. The Morgan fingerprint density at radius 1 is 0.917 bits per heavy atom. The molecule has 0 nitrogen and oxygen atoms in total. The van der Waals surface area contributed by atoms with Crippen LogP contribution in [0.2, 0.25) is 0 Å². The molecule has 0 bridgehead atoms. The van der Waals surface area contributed by atoms with Crippen molar-refractivity contribution in [2.24, 2.45) is 16.7 Å². The van der Waals surface area contributed by atoms with Crippen LogP contribution in [-0.2, 0) is 0 Å². The summed E-state index contributed by atoms with van der Waals surface area (Å²) in [6, 6.07) is 0. The van der Waals surface area contributed by atoms with Gasteiger partial charge in [-0.1, -0.05) is 48.5 Å². The van der Waals surface area contributed by atoms with E-state index in [1.54, 1.807) is 0 Å². The molecular weight excluding hydrogens is 164 g/mol. The molecule has 0 aliphatic heterocycles. The van der Waals surface area contributed by atoms with E-state index in [-0.39, 0.29) is 13.5 Å². The van der Waals surface area contributed by atoms with Gasteiger partial charge in [0, 0.05) is 0 Å². The van der Waals surface area contributed by atoms with Crippen molar-refractivity contribution in [2.45, 2.75) is 54.9 Å². The maximum atomic E-state index is 2.35. The Hall–Kier alpha value is 0.350. The van der Waals surface area contributed by atoms with Crippen LogP contribution in [0.3, 0.4) is 0 Å². The number of hydrogen-bond acceptors (Lipinski definition) is 0. The van der Waals surface area contributed by atoms with E-state index in [9.17, 15) is 0 Å². The Kier molecular flexibility index (Phi) is 5.63. The van der Waals surface area contributed by atoms with E-state index in [0.717, 1.165) is 5.92 Å². The van der Waals surface area contributed by atoms with Gasteiger partial charge in [-0.2, -0.15) is 13.5 Å². The summed E-state index contributed by atoms with van der Waals surface area (Å²) < 4.78 is 0. The van der Waals surface area contributed by atoms with E-state index in [1.165, 1.54) is 6.42 Å². The molecule has 0 unspecified atom stereocenters. The Balaban J connectivity index is 0. The zero-order valence-electron chi connectivity index (χ0n) is 9.78. The molecular formula is C11H26S. The van der Waals surface area contributed by atoms with E-state index < -0.39 is 0 Å². The van der Waals surface area contributed by atoms with Gasteiger partial charge in [-0.15, -0.1) is 0 Å². The van der Waals surface area contributed by atoms with Gasteiger partial charge in [0.2, 0.25) is 0 Å². The van der Waals surface area contributed by atoms with Gasteiger partial charge >= 0.3 is 0 Å². The Bertz CT molecular complexity index is 114. The molecule has 1 atom stereocenters. The van der Waals surface area contributed by atoms with Crippen LogP contribution < -0.4 is 0 Å². The fraction of sp³-hybridized carbons (Fsp3) is 1.00. The van der Waals surface area contributed by atoms with Crippen molar-refractivity contribution in [1.82, 2.24) is 0 Å². The molecule has 0 fully saturated rings. The summed E-state index contributed by atoms with van der Waals surface area (Å²) in [4.78, 5) is 0. The first kappa shape index (κ1) is 14.9. The Labute approximate surface area is 85.6 Å². The van der Waals surface area contributed by atoms with E-state index >= 15 is 0 Å². The summed E-state index contributed by atoms with van der Waals surface area (Å²) in [6.07, 6.45) is 1.32. The average Bonchev–Trinajstić information content (AvgIpc) is 1.56. The molecule has 0 aromatic carbocycles. The van der Waals surface area contributed by atoms with Crippen LogP contribution in [0, 0.1) is 16.7 Å². The molecule has 0 saturated heterocycles. The van der Waals surface area contributed by atoms with Crippen LogP contribution in [0.1, 0.15) is 54.9 Å². The standard InChI is InChI=1S/C11H24.H2S/c1-9(11(5,6)7)8-10(2,3)4;/h9H,8H2,1-7H3;1H2/t9-;/m0./s1. The quantitative estimate of drug-likeness (QED) is 0.581. The molecule has 1 heteroatoms. The molecule has 0 spiro atoms. The Morgan fingerprint density at radius 2 is 1.25 bits per heavy atom. The monoisotopic (exact) mass is 190 g/mol. The first-order valence-corrected chi connectivity index (χ1v) is 4.63. The van der Waals surface area contributed by atoms with Crippen LogP contribution in [0.5, 0.6) is 0 Å². The van der Waals surface area contributed by atoms with E-state index in [4.69, 9.17) is 0 Å². The van der Waals surface area contributed by atoms with Crippen LogP contribution in [-0.4, -0.2) is 0 Å². The summed E-state index contributed by atoms with van der Waals surface area (Å²) in [5, 5.41) is 0. The molecule has 0 aliphatic rings. The zero-order chi connectivity index (χ0) is 9.28. The minimum Gasteiger partial charge on any atom is -0.197 e. The fourth-order valence-corrected chi connectivity index (χ4v) is 1.22. The summed E-state index contributed by atoms with van der Waals surface area (Å²) in [7, 11) is 0. The molecule has 0 amide bonds. The molecule has 76 valence electrons. The lowest BCUT2D eigenvalue weighted by molar-refractivity contribution is 0.182. The van der Waals surface area contributed by atoms with Gasteiger partial charge in [-0.05, 0) is 23.2 Å². The maximum Gasteiger partial charge on any atom is -0.0357 e. The maximum absolute atomic E-state index is 2.35. The highest BCUT2D eigenvalue weighted by Gasteiger charge is 2.24. The third-order valence-corrected chi connectivity index (χ3v) is 2.40. The van der Waals surface area contributed by atoms with E-state index in [1.807, 2.05) is 0 Å². The van der Waals surface area contributed by atoms with E-state index in [2.05, 4.69) is 48.5 Å². The van der Waals surface area contributed by atoms with Gasteiger partial charge in [0.05, 0.1) is 0 Å². The summed E-state index contributed by atoms with van der Waals surface area (Å²) in [5.41, 5.74) is 0.944. The molecule has 0 aliphatic carbocycles. The second-order valence-corrected chi connectivity index (χ2v) is 6.03. The van der Waals surface area contributed by atoms with Crippen molar-refractivity contribution in [2.75, 3.05) is 0 Å². The second kappa shape index (κ2) is 4.55. The lowest BCUT2D eigenvalue weighted by Crippen LogP contribution is -2.22. The normalized spacial score (nSPS) is 15.2. The minimum absolute atomic E-state index is 0.